The van der Waals surface area contributed by atoms with Gasteiger partial charge in [-0.1, -0.05) is 44.2 Å². The first-order chi connectivity index (χ1) is 17.8. The van der Waals surface area contributed by atoms with E-state index in [1.165, 1.54) is 19.1 Å². The molecule has 1 N–H and O–H groups in total. The molecule has 1 fully saturated rings. The Bertz CT molecular complexity index is 1390. The van der Waals surface area contributed by atoms with Gasteiger partial charge in [0.25, 0.3) is 11.7 Å². The molecule has 0 aliphatic carbocycles. The van der Waals surface area contributed by atoms with E-state index in [1.54, 1.807) is 36.4 Å². The van der Waals surface area contributed by atoms with Gasteiger partial charge in [-0.05, 0) is 41.3 Å². The molecule has 1 amide bonds. The lowest BCUT2D eigenvalue weighted by Crippen LogP contribution is -2.29. The van der Waals surface area contributed by atoms with Gasteiger partial charge in [0.15, 0.2) is 11.5 Å². The molecule has 1 unspecified atom stereocenters. The lowest BCUT2D eigenvalue weighted by Gasteiger charge is -2.26. The third-order valence-electron chi connectivity index (χ3n) is 6.66. The molecule has 8 heteroatoms. The second-order valence-electron chi connectivity index (χ2n) is 9.07. The van der Waals surface area contributed by atoms with Gasteiger partial charge < -0.3 is 24.1 Å². The first-order valence-corrected chi connectivity index (χ1v) is 11.9. The fraction of sp³-hybridized carbons (Fsp3) is 0.241. The number of nitrogens with zero attached hydrogens (tertiary/aromatic N) is 1. The molecule has 37 heavy (non-hydrogen) atoms. The highest BCUT2D eigenvalue weighted by molar-refractivity contribution is 6.51. The zero-order valence-corrected chi connectivity index (χ0v) is 21.0. The molecule has 3 aromatic carbocycles. The van der Waals surface area contributed by atoms with E-state index in [1.807, 2.05) is 24.3 Å². The van der Waals surface area contributed by atoms with E-state index in [9.17, 15) is 14.7 Å². The molecule has 190 valence electrons. The van der Waals surface area contributed by atoms with Crippen LogP contribution in [-0.4, -0.2) is 37.8 Å². The van der Waals surface area contributed by atoms with Gasteiger partial charge in [0.2, 0.25) is 6.79 Å². The normalized spacial score (nSPS) is 18.0. The quantitative estimate of drug-likeness (QED) is 0.282. The van der Waals surface area contributed by atoms with Crippen LogP contribution in [0.1, 0.15) is 42.5 Å². The van der Waals surface area contributed by atoms with E-state index in [2.05, 4.69) is 13.8 Å². The van der Waals surface area contributed by atoms with Crippen LogP contribution in [0.25, 0.3) is 5.76 Å². The summed E-state index contributed by atoms with van der Waals surface area (Å²) in [5, 5.41) is 11.6. The average molecular weight is 502 g/mol. The van der Waals surface area contributed by atoms with Crippen molar-refractivity contribution in [2.45, 2.75) is 25.8 Å². The summed E-state index contributed by atoms with van der Waals surface area (Å²) in [5.74, 6) is -0.0362. The van der Waals surface area contributed by atoms with Crippen LogP contribution in [0, 0.1) is 0 Å². The summed E-state index contributed by atoms with van der Waals surface area (Å²) in [7, 11) is 2.91. The second-order valence-corrected chi connectivity index (χ2v) is 9.07. The summed E-state index contributed by atoms with van der Waals surface area (Å²) in [6.07, 6.45) is 0. The third-order valence-corrected chi connectivity index (χ3v) is 6.66. The summed E-state index contributed by atoms with van der Waals surface area (Å²) in [6.45, 7) is 4.24. The number of carbonyl (C=O) groups is 2. The molecule has 0 spiro atoms. The number of carbonyl (C=O) groups excluding carboxylic acids is 2. The van der Waals surface area contributed by atoms with Crippen LogP contribution in [-0.2, 0) is 9.59 Å². The average Bonchev–Trinajstić information content (AvgIpc) is 3.49. The molecule has 2 aliphatic heterocycles. The Hall–Kier alpha value is -4.46. The predicted molar refractivity (Wildman–Crippen MR) is 137 cm³/mol. The fourth-order valence-corrected chi connectivity index (χ4v) is 4.73. The molecule has 1 atom stereocenters. The van der Waals surface area contributed by atoms with Gasteiger partial charge in [-0.15, -0.1) is 0 Å². The number of benzene rings is 3. The molecular weight excluding hydrogens is 474 g/mol. The van der Waals surface area contributed by atoms with E-state index in [0.29, 0.717) is 40.2 Å². The molecular formula is C29H27NO7. The first kappa shape index (κ1) is 24.2. The highest BCUT2D eigenvalue weighted by atomic mass is 16.7. The molecule has 2 aliphatic rings. The number of Topliss-reactive ketones (excluding diaryl/α,β-unsaturated/α-hetero) is 1. The maximum atomic E-state index is 13.5. The van der Waals surface area contributed by atoms with Crippen LogP contribution < -0.4 is 23.8 Å². The van der Waals surface area contributed by atoms with Gasteiger partial charge in [-0.2, -0.15) is 0 Å². The van der Waals surface area contributed by atoms with Gasteiger partial charge >= 0.3 is 0 Å². The summed E-state index contributed by atoms with van der Waals surface area (Å²) >= 11 is 0. The lowest BCUT2D eigenvalue weighted by atomic mass is 9.92. The minimum absolute atomic E-state index is 0.0669. The first-order valence-electron chi connectivity index (χ1n) is 11.9. The van der Waals surface area contributed by atoms with Crippen molar-refractivity contribution >= 4 is 23.1 Å². The number of anilines is 1. The molecule has 0 saturated carbocycles. The number of methoxy groups -OCH3 is 2. The number of rotatable bonds is 6. The van der Waals surface area contributed by atoms with E-state index in [4.69, 9.17) is 18.9 Å². The lowest BCUT2D eigenvalue weighted by molar-refractivity contribution is -0.132. The predicted octanol–water partition coefficient (Wildman–Crippen LogP) is 5.18. The Kier molecular flexibility index (Phi) is 6.25. The minimum Gasteiger partial charge on any atom is -0.506 e. The zero-order chi connectivity index (χ0) is 26.3. The van der Waals surface area contributed by atoms with Crippen molar-refractivity contribution in [1.29, 1.82) is 0 Å². The van der Waals surface area contributed by atoms with Crippen molar-refractivity contribution in [3.8, 4) is 23.0 Å². The Labute approximate surface area is 214 Å². The van der Waals surface area contributed by atoms with Gasteiger partial charge in [0.1, 0.15) is 22.8 Å². The summed E-state index contributed by atoms with van der Waals surface area (Å²) in [6, 6.07) is 16.8. The van der Waals surface area contributed by atoms with Crippen molar-refractivity contribution in [3.63, 3.8) is 0 Å². The van der Waals surface area contributed by atoms with Crippen molar-refractivity contribution < 1.29 is 33.6 Å². The van der Waals surface area contributed by atoms with Gasteiger partial charge in [0, 0.05) is 11.8 Å². The van der Waals surface area contributed by atoms with Crippen LogP contribution in [0.2, 0.25) is 0 Å². The highest BCUT2D eigenvalue weighted by Gasteiger charge is 2.47. The Morgan fingerprint density at radius 3 is 2.22 bits per heavy atom. The molecule has 1 saturated heterocycles. The minimum atomic E-state index is -0.906. The van der Waals surface area contributed by atoms with Crippen LogP contribution in [0.4, 0.5) is 5.69 Å². The molecule has 8 nitrogen and oxygen atoms in total. The Morgan fingerprint density at radius 1 is 0.946 bits per heavy atom. The van der Waals surface area contributed by atoms with Crippen LogP contribution in [0.15, 0.2) is 66.2 Å². The van der Waals surface area contributed by atoms with Gasteiger partial charge in [-0.3, -0.25) is 14.5 Å². The third kappa shape index (κ3) is 4.04. The van der Waals surface area contributed by atoms with Crippen LogP contribution in [0.3, 0.4) is 0 Å². The standard InChI is InChI=1S/C29H27NO7/c1-16(2)17-8-10-18(11-9-17)26-25(27(31)24-21(34-3)6-5-7-22(24)35-4)28(32)29(33)30(26)19-12-13-20-23(14-19)37-15-36-20/h5-14,16,26,31H,15H2,1-4H3/b27-25+. The van der Waals surface area contributed by atoms with Crippen LogP contribution in [0.5, 0.6) is 23.0 Å². The number of amides is 1. The van der Waals surface area contributed by atoms with E-state index < -0.39 is 17.7 Å². The SMILES string of the molecule is COc1cccc(OC)c1/C(O)=C1\C(=O)C(=O)N(c2ccc3c(c2)OCO3)C1c1ccc(C(C)C)cc1. The van der Waals surface area contributed by atoms with Gasteiger partial charge in [0.05, 0.1) is 25.8 Å². The molecule has 0 aromatic heterocycles. The summed E-state index contributed by atoms with van der Waals surface area (Å²) in [4.78, 5) is 28.4. The van der Waals surface area contributed by atoms with Crippen LogP contribution >= 0.6 is 0 Å². The molecule has 5 rings (SSSR count). The number of hydrogen-bond acceptors (Lipinski definition) is 7. The number of aliphatic hydroxyl groups excluding tert-OH is 1. The summed E-state index contributed by atoms with van der Waals surface area (Å²) in [5.41, 5.74) is 2.34. The number of ketones is 1. The maximum Gasteiger partial charge on any atom is 0.300 e. The van der Waals surface area contributed by atoms with Crippen molar-refractivity contribution in [2.75, 3.05) is 25.9 Å². The largest absolute Gasteiger partial charge is 0.506 e. The van der Waals surface area contributed by atoms with E-state index in [0.717, 1.165) is 5.56 Å². The topological polar surface area (TPSA) is 94.5 Å². The Balaban J connectivity index is 1.74. The molecule has 0 radical (unpaired) electrons. The molecule has 3 aromatic rings. The maximum absolute atomic E-state index is 13.5. The fourth-order valence-electron chi connectivity index (χ4n) is 4.73. The number of hydrogen-bond donors (Lipinski definition) is 1. The van der Waals surface area contributed by atoms with Crippen molar-refractivity contribution in [1.82, 2.24) is 0 Å². The second kappa shape index (κ2) is 9.54. The highest BCUT2D eigenvalue weighted by Crippen LogP contribution is 2.47. The van der Waals surface area contributed by atoms with Crippen molar-refractivity contribution in [2.24, 2.45) is 0 Å². The van der Waals surface area contributed by atoms with E-state index in [-0.39, 0.29) is 23.7 Å². The number of fused-ring (bicyclic) bond motifs is 1. The zero-order valence-electron chi connectivity index (χ0n) is 21.0. The van der Waals surface area contributed by atoms with Crippen molar-refractivity contribution in [3.05, 3.63) is 82.9 Å². The molecule has 2 heterocycles. The Morgan fingerprint density at radius 2 is 1.59 bits per heavy atom. The van der Waals surface area contributed by atoms with E-state index >= 15 is 0 Å². The monoisotopic (exact) mass is 501 g/mol. The smallest absolute Gasteiger partial charge is 0.300 e. The molecule has 0 bridgehead atoms. The summed E-state index contributed by atoms with van der Waals surface area (Å²) < 4.78 is 21.8. The number of ether oxygens (including phenoxy) is 4. The number of aliphatic hydroxyl groups is 1. The van der Waals surface area contributed by atoms with Gasteiger partial charge in [-0.25, -0.2) is 0 Å².